The molecule has 2 saturated heterocycles. The molecule has 0 aliphatic carbocycles. The predicted molar refractivity (Wildman–Crippen MR) is 149 cm³/mol. The first-order valence-electron chi connectivity index (χ1n) is 13.5. The molecular formula is C30H31N7O. The van der Waals surface area contributed by atoms with Gasteiger partial charge in [0, 0.05) is 49.9 Å². The van der Waals surface area contributed by atoms with E-state index in [0.29, 0.717) is 25.1 Å². The summed E-state index contributed by atoms with van der Waals surface area (Å²) in [5.41, 5.74) is 4.17. The maximum atomic E-state index is 5.63. The molecule has 0 bridgehead atoms. The average Bonchev–Trinajstić information content (AvgIpc) is 3.42. The Morgan fingerprint density at radius 1 is 0.842 bits per heavy atom. The third kappa shape index (κ3) is 4.50. The summed E-state index contributed by atoms with van der Waals surface area (Å²) in [6, 6.07) is 21.3. The molecule has 8 heteroatoms. The van der Waals surface area contributed by atoms with Crippen molar-refractivity contribution >= 4 is 27.8 Å². The highest BCUT2D eigenvalue weighted by molar-refractivity contribution is 5.90. The van der Waals surface area contributed by atoms with Gasteiger partial charge in [0.2, 0.25) is 0 Å². The molecule has 38 heavy (non-hydrogen) atoms. The minimum atomic E-state index is 0.314. The zero-order valence-corrected chi connectivity index (χ0v) is 21.4. The minimum absolute atomic E-state index is 0.314. The minimum Gasteiger partial charge on any atom is -0.378 e. The maximum Gasteiger partial charge on any atom is 0.165 e. The summed E-state index contributed by atoms with van der Waals surface area (Å²) in [6.07, 6.45) is 5.94. The zero-order chi connectivity index (χ0) is 25.3. The average molecular weight is 506 g/mol. The van der Waals surface area contributed by atoms with Crippen molar-refractivity contribution in [3.05, 3.63) is 78.6 Å². The predicted octanol–water partition coefficient (Wildman–Crippen LogP) is 4.72. The van der Waals surface area contributed by atoms with Crippen LogP contribution in [-0.4, -0.2) is 69.0 Å². The smallest absolute Gasteiger partial charge is 0.165 e. The topological polar surface area (TPSA) is 72.2 Å². The standard InChI is InChI=1S/C30H31N7O/c1-2-6-22(7-3-1)21-35-12-10-25(11-13-35)37-30-26(20-32-37)29(36-14-16-38-17-15-36)33-28(34-30)24-18-23-8-4-5-9-27(23)31-19-24/h1-9,18-20,25H,10-17,21H2. The van der Waals surface area contributed by atoms with Crippen LogP contribution in [0.3, 0.4) is 0 Å². The Balaban J connectivity index is 1.23. The summed E-state index contributed by atoms with van der Waals surface area (Å²) in [7, 11) is 0. The number of hydrogen-bond donors (Lipinski definition) is 0. The van der Waals surface area contributed by atoms with Crippen molar-refractivity contribution in [2.24, 2.45) is 0 Å². The lowest BCUT2D eigenvalue weighted by atomic mass is 10.0. The van der Waals surface area contributed by atoms with Gasteiger partial charge >= 0.3 is 0 Å². The fourth-order valence-electron chi connectivity index (χ4n) is 5.68. The first-order valence-corrected chi connectivity index (χ1v) is 13.5. The van der Waals surface area contributed by atoms with Crippen molar-refractivity contribution in [3.63, 3.8) is 0 Å². The van der Waals surface area contributed by atoms with Gasteiger partial charge < -0.3 is 9.64 Å². The Bertz CT molecular complexity index is 1550. The molecule has 5 heterocycles. The van der Waals surface area contributed by atoms with Gasteiger partial charge in [-0.25, -0.2) is 14.6 Å². The van der Waals surface area contributed by atoms with Crippen LogP contribution in [0.5, 0.6) is 0 Å². The molecule has 0 unspecified atom stereocenters. The summed E-state index contributed by atoms with van der Waals surface area (Å²) < 4.78 is 7.78. The van der Waals surface area contributed by atoms with Crippen molar-refractivity contribution in [2.45, 2.75) is 25.4 Å². The van der Waals surface area contributed by atoms with Crippen molar-refractivity contribution in [1.82, 2.24) is 29.6 Å². The summed E-state index contributed by atoms with van der Waals surface area (Å²) in [5.74, 6) is 1.63. The SMILES string of the molecule is c1ccc(CN2CCC(n3ncc4c(N5CCOCC5)nc(-c5cnc6ccccc6c5)nc43)CC2)cc1. The highest BCUT2D eigenvalue weighted by Crippen LogP contribution is 2.32. The van der Waals surface area contributed by atoms with Crippen LogP contribution in [0, 0.1) is 0 Å². The van der Waals surface area contributed by atoms with E-state index >= 15 is 0 Å². The van der Waals surface area contributed by atoms with Gasteiger partial charge in [-0.1, -0.05) is 48.5 Å². The van der Waals surface area contributed by atoms with E-state index in [-0.39, 0.29) is 0 Å². The van der Waals surface area contributed by atoms with Gasteiger partial charge in [-0.2, -0.15) is 5.10 Å². The van der Waals surface area contributed by atoms with Gasteiger partial charge in [-0.05, 0) is 30.5 Å². The molecule has 3 aromatic heterocycles. The van der Waals surface area contributed by atoms with Crippen LogP contribution in [0.1, 0.15) is 24.4 Å². The molecule has 0 spiro atoms. The number of pyridine rings is 1. The monoisotopic (exact) mass is 505 g/mol. The van der Waals surface area contributed by atoms with E-state index in [4.69, 9.17) is 19.8 Å². The van der Waals surface area contributed by atoms with Crippen LogP contribution in [-0.2, 0) is 11.3 Å². The van der Waals surface area contributed by atoms with E-state index < -0.39 is 0 Å². The molecule has 2 aromatic carbocycles. The number of fused-ring (bicyclic) bond motifs is 2. The van der Waals surface area contributed by atoms with Crippen LogP contribution in [0.4, 0.5) is 5.82 Å². The highest BCUT2D eigenvalue weighted by atomic mass is 16.5. The quantitative estimate of drug-likeness (QED) is 0.342. The molecule has 2 fully saturated rings. The number of para-hydroxylation sites is 1. The highest BCUT2D eigenvalue weighted by Gasteiger charge is 2.26. The van der Waals surface area contributed by atoms with Crippen LogP contribution in [0.25, 0.3) is 33.3 Å². The van der Waals surface area contributed by atoms with E-state index in [2.05, 4.69) is 61.9 Å². The molecular weight excluding hydrogens is 474 g/mol. The van der Waals surface area contributed by atoms with Crippen LogP contribution >= 0.6 is 0 Å². The van der Waals surface area contributed by atoms with E-state index in [9.17, 15) is 0 Å². The Morgan fingerprint density at radius 2 is 1.63 bits per heavy atom. The summed E-state index contributed by atoms with van der Waals surface area (Å²) in [6.45, 7) is 6.11. The fraction of sp³-hybridized carbons (Fsp3) is 0.333. The van der Waals surface area contributed by atoms with Crippen molar-refractivity contribution in [3.8, 4) is 11.4 Å². The molecule has 192 valence electrons. The van der Waals surface area contributed by atoms with Gasteiger partial charge in [0.05, 0.1) is 36.4 Å². The van der Waals surface area contributed by atoms with E-state index in [1.807, 2.05) is 30.6 Å². The van der Waals surface area contributed by atoms with Crippen LogP contribution in [0.15, 0.2) is 73.1 Å². The Kier molecular flexibility index (Phi) is 6.19. The molecule has 7 rings (SSSR count). The number of benzene rings is 2. The van der Waals surface area contributed by atoms with Gasteiger partial charge in [0.1, 0.15) is 5.82 Å². The third-order valence-electron chi connectivity index (χ3n) is 7.74. The third-order valence-corrected chi connectivity index (χ3v) is 7.74. The molecule has 2 aliphatic rings. The number of anilines is 1. The molecule has 5 aromatic rings. The zero-order valence-electron chi connectivity index (χ0n) is 21.4. The van der Waals surface area contributed by atoms with Crippen LogP contribution < -0.4 is 4.90 Å². The van der Waals surface area contributed by atoms with Crippen LogP contribution in [0.2, 0.25) is 0 Å². The second-order valence-corrected chi connectivity index (χ2v) is 10.2. The van der Waals surface area contributed by atoms with Gasteiger partial charge in [-0.3, -0.25) is 9.88 Å². The summed E-state index contributed by atoms with van der Waals surface area (Å²) in [5, 5.41) is 6.98. The normalized spacial score (nSPS) is 17.4. The van der Waals surface area contributed by atoms with E-state index in [1.165, 1.54) is 5.56 Å². The molecule has 0 N–H and O–H groups in total. The van der Waals surface area contributed by atoms with E-state index in [1.54, 1.807) is 0 Å². The number of morpholine rings is 1. The number of ether oxygens (including phenoxy) is 1. The molecule has 2 aliphatic heterocycles. The molecule has 8 nitrogen and oxygen atoms in total. The lowest BCUT2D eigenvalue weighted by Gasteiger charge is -2.32. The van der Waals surface area contributed by atoms with Gasteiger partial charge in [-0.15, -0.1) is 0 Å². The molecule has 0 atom stereocenters. The Hall–Kier alpha value is -3.88. The van der Waals surface area contributed by atoms with Gasteiger partial charge in [0.25, 0.3) is 0 Å². The lowest BCUT2D eigenvalue weighted by molar-refractivity contribution is 0.122. The van der Waals surface area contributed by atoms with Gasteiger partial charge in [0.15, 0.2) is 11.5 Å². The molecule has 0 radical (unpaired) electrons. The number of hydrogen-bond acceptors (Lipinski definition) is 7. The van der Waals surface area contributed by atoms with Crippen molar-refractivity contribution in [1.29, 1.82) is 0 Å². The second-order valence-electron chi connectivity index (χ2n) is 10.2. The maximum absolute atomic E-state index is 5.63. The van der Waals surface area contributed by atoms with Crippen molar-refractivity contribution < 1.29 is 4.74 Å². The number of aromatic nitrogens is 5. The number of piperidine rings is 1. The molecule has 0 saturated carbocycles. The van der Waals surface area contributed by atoms with E-state index in [0.717, 1.165) is 78.9 Å². The first kappa shape index (κ1) is 23.3. The first-order chi connectivity index (χ1) is 18.8. The Morgan fingerprint density at radius 3 is 2.47 bits per heavy atom. The largest absolute Gasteiger partial charge is 0.378 e. The summed E-state index contributed by atoms with van der Waals surface area (Å²) in [4.78, 5) is 19.7. The summed E-state index contributed by atoms with van der Waals surface area (Å²) >= 11 is 0. The second kappa shape index (κ2) is 10.1. The fourth-order valence-corrected chi connectivity index (χ4v) is 5.68. The van der Waals surface area contributed by atoms with Crippen molar-refractivity contribution in [2.75, 3.05) is 44.3 Å². The molecule has 0 amide bonds. The number of nitrogens with zero attached hydrogens (tertiary/aromatic N) is 7. The Labute approximate surface area is 221 Å². The lowest BCUT2D eigenvalue weighted by Crippen LogP contribution is -2.37. The number of rotatable bonds is 5. The number of likely N-dealkylation sites (tertiary alicyclic amines) is 1.